The van der Waals surface area contributed by atoms with Crippen LogP contribution < -0.4 is 15.5 Å². The van der Waals surface area contributed by atoms with E-state index < -0.39 is 6.04 Å². The number of carbonyl (C=O) groups excluding carboxylic acids is 2. The molecule has 0 unspecified atom stereocenters. The number of nitrogens with one attached hydrogen (secondary N) is 2. The van der Waals surface area contributed by atoms with Crippen LogP contribution in [0.3, 0.4) is 0 Å². The third-order valence-corrected chi connectivity index (χ3v) is 4.19. The molecule has 0 aromatic carbocycles. The molecule has 2 N–H and O–H groups in total. The van der Waals surface area contributed by atoms with Crippen LogP contribution in [-0.4, -0.2) is 35.9 Å². The minimum Gasteiger partial charge on any atom is -0.467 e. The second kappa shape index (κ2) is 7.83. The van der Waals surface area contributed by atoms with Crippen LogP contribution in [0.2, 0.25) is 0 Å². The molecule has 7 heteroatoms. The Morgan fingerprint density at radius 3 is 2.80 bits per heavy atom. The Bertz CT molecular complexity index is 724. The van der Waals surface area contributed by atoms with Gasteiger partial charge in [0.05, 0.1) is 18.4 Å². The van der Waals surface area contributed by atoms with Crippen molar-refractivity contribution < 1.29 is 14.0 Å². The molecule has 1 aliphatic rings. The highest BCUT2D eigenvalue weighted by Crippen LogP contribution is 2.21. The third-order valence-electron chi connectivity index (χ3n) is 4.19. The summed E-state index contributed by atoms with van der Waals surface area (Å²) < 4.78 is 5.17. The van der Waals surface area contributed by atoms with Gasteiger partial charge in [-0.05, 0) is 44.0 Å². The third kappa shape index (κ3) is 4.17. The Morgan fingerprint density at radius 1 is 1.28 bits per heavy atom. The summed E-state index contributed by atoms with van der Waals surface area (Å²) in [5, 5.41) is 5.48. The molecule has 0 aliphatic carbocycles. The molecular formula is C18H22N4O3. The summed E-state index contributed by atoms with van der Waals surface area (Å²) in [5.41, 5.74) is 0.495. The van der Waals surface area contributed by atoms with Crippen molar-refractivity contribution in [3.63, 3.8) is 0 Å². The zero-order valence-electron chi connectivity index (χ0n) is 14.2. The predicted octanol–water partition coefficient (Wildman–Crippen LogP) is 1.71. The van der Waals surface area contributed by atoms with E-state index in [0.717, 1.165) is 25.9 Å². The van der Waals surface area contributed by atoms with E-state index in [9.17, 15) is 9.59 Å². The lowest BCUT2D eigenvalue weighted by molar-refractivity contribution is -0.122. The van der Waals surface area contributed by atoms with Gasteiger partial charge in [0, 0.05) is 19.3 Å². The zero-order chi connectivity index (χ0) is 17.6. The first-order chi connectivity index (χ1) is 12.1. The van der Waals surface area contributed by atoms with E-state index in [2.05, 4.69) is 20.5 Å². The average molecular weight is 342 g/mol. The van der Waals surface area contributed by atoms with Crippen molar-refractivity contribution in [1.82, 2.24) is 15.6 Å². The quantitative estimate of drug-likeness (QED) is 0.834. The van der Waals surface area contributed by atoms with Crippen molar-refractivity contribution in [3.8, 4) is 0 Å². The molecule has 2 aromatic heterocycles. The summed E-state index contributed by atoms with van der Waals surface area (Å²) in [5.74, 6) is 0.781. The van der Waals surface area contributed by atoms with Gasteiger partial charge in [0.1, 0.15) is 17.6 Å². The summed E-state index contributed by atoms with van der Waals surface area (Å²) in [4.78, 5) is 31.2. The number of hydrogen-bond acceptors (Lipinski definition) is 5. The number of nitrogens with zero attached hydrogens (tertiary/aromatic N) is 2. The number of pyridine rings is 1. The number of aromatic nitrogens is 1. The molecule has 0 radical (unpaired) electrons. The second-order valence-corrected chi connectivity index (χ2v) is 6.06. The minimum atomic E-state index is -0.658. The first-order valence-electron chi connectivity index (χ1n) is 8.46. The van der Waals surface area contributed by atoms with Crippen LogP contribution in [-0.2, 0) is 11.3 Å². The van der Waals surface area contributed by atoms with Crippen LogP contribution in [0.25, 0.3) is 0 Å². The molecule has 25 heavy (non-hydrogen) atoms. The number of furan rings is 1. The Hall–Kier alpha value is -2.83. The topological polar surface area (TPSA) is 87.5 Å². The van der Waals surface area contributed by atoms with Crippen molar-refractivity contribution in [1.29, 1.82) is 0 Å². The van der Waals surface area contributed by atoms with E-state index in [0.29, 0.717) is 17.1 Å². The molecule has 0 saturated carbocycles. The first kappa shape index (κ1) is 17.0. The summed E-state index contributed by atoms with van der Waals surface area (Å²) >= 11 is 0. The maximum atomic E-state index is 12.6. The van der Waals surface area contributed by atoms with Crippen LogP contribution in [0.5, 0.6) is 0 Å². The van der Waals surface area contributed by atoms with Gasteiger partial charge in [-0.2, -0.15) is 0 Å². The van der Waals surface area contributed by atoms with E-state index in [1.165, 1.54) is 0 Å². The molecule has 3 rings (SSSR count). The highest BCUT2D eigenvalue weighted by molar-refractivity contribution is 6.01. The van der Waals surface area contributed by atoms with Crippen LogP contribution in [0.4, 0.5) is 5.82 Å². The molecule has 7 nitrogen and oxygen atoms in total. The highest BCUT2D eigenvalue weighted by atomic mass is 16.3. The molecule has 0 bridgehead atoms. The largest absolute Gasteiger partial charge is 0.467 e. The number of carbonyl (C=O) groups is 2. The Balaban J connectivity index is 1.60. The summed E-state index contributed by atoms with van der Waals surface area (Å²) in [6, 6.07) is 6.35. The van der Waals surface area contributed by atoms with Crippen LogP contribution >= 0.6 is 0 Å². The predicted molar refractivity (Wildman–Crippen MR) is 93.2 cm³/mol. The van der Waals surface area contributed by atoms with E-state index >= 15 is 0 Å². The van der Waals surface area contributed by atoms with Gasteiger partial charge < -0.3 is 20.0 Å². The van der Waals surface area contributed by atoms with Crippen molar-refractivity contribution >= 4 is 17.6 Å². The number of rotatable bonds is 6. The van der Waals surface area contributed by atoms with Gasteiger partial charge in [-0.15, -0.1) is 0 Å². The molecule has 1 atom stereocenters. The standard InChI is InChI=1S/C18H22N4O3/c1-13(17(23)20-12-14-6-5-11-25-14)21-18(24)15-7-4-8-19-16(15)22-9-2-3-10-22/h4-8,11,13H,2-3,9-10,12H2,1H3,(H,20,23)(H,21,24)/t13-/m0/s1. The molecule has 1 fully saturated rings. The lowest BCUT2D eigenvalue weighted by atomic mass is 10.2. The Kier molecular flexibility index (Phi) is 5.33. The summed E-state index contributed by atoms with van der Waals surface area (Å²) in [6.07, 6.45) is 5.44. The SMILES string of the molecule is C[C@H](NC(=O)c1cccnc1N1CCCC1)C(=O)NCc1ccco1. The van der Waals surface area contributed by atoms with E-state index in [4.69, 9.17) is 4.42 Å². The monoisotopic (exact) mass is 342 g/mol. The zero-order valence-corrected chi connectivity index (χ0v) is 14.2. The molecule has 132 valence electrons. The van der Waals surface area contributed by atoms with Gasteiger partial charge in [-0.1, -0.05) is 0 Å². The maximum Gasteiger partial charge on any atom is 0.255 e. The van der Waals surface area contributed by atoms with Gasteiger partial charge in [0.2, 0.25) is 5.91 Å². The van der Waals surface area contributed by atoms with Crippen LogP contribution in [0, 0.1) is 0 Å². The van der Waals surface area contributed by atoms with Crippen molar-refractivity contribution in [3.05, 3.63) is 48.0 Å². The lowest BCUT2D eigenvalue weighted by Crippen LogP contribution is -2.44. The van der Waals surface area contributed by atoms with Gasteiger partial charge in [0.25, 0.3) is 5.91 Å². The maximum absolute atomic E-state index is 12.6. The van der Waals surface area contributed by atoms with Crippen LogP contribution in [0.1, 0.15) is 35.9 Å². The molecule has 2 aromatic rings. The number of anilines is 1. The molecular weight excluding hydrogens is 320 g/mol. The van der Waals surface area contributed by atoms with E-state index in [-0.39, 0.29) is 18.4 Å². The van der Waals surface area contributed by atoms with Crippen molar-refractivity contribution in [2.24, 2.45) is 0 Å². The lowest BCUT2D eigenvalue weighted by Gasteiger charge is -2.20. The van der Waals surface area contributed by atoms with Crippen LogP contribution in [0.15, 0.2) is 41.1 Å². The van der Waals surface area contributed by atoms with E-state index in [1.54, 1.807) is 43.6 Å². The summed E-state index contributed by atoms with van der Waals surface area (Å²) in [6.45, 7) is 3.74. The second-order valence-electron chi connectivity index (χ2n) is 6.06. The van der Waals surface area contributed by atoms with Gasteiger partial charge >= 0.3 is 0 Å². The Labute approximate surface area is 146 Å². The molecule has 1 aliphatic heterocycles. The van der Waals surface area contributed by atoms with Crippen molar-refractivity contribution in [2.75, 3.05) is 18.0 Å². The smallest absolute Gasteiger partial charge is 0.255 e. The molecule has 1 saturated heterocycles. The van der Waals surface area contributed by atoms with Gasteiger partial charge in [-0.3, -0.25) is 9.59 Å². The highest BCUT2D eigenvalue weighted by Gasteiger charge is 2.23. The minimum absolute atomic E-state index is 0.267. The number of hydrogen-bond donors (Lipinski definition) is 2. The first-order valence-corrected chi connectivity index (χ1v) is 8.46. The van der Waals surface area contributed by atoms with Gasteiger partial charge in [0.15, 0.2) is 0 Å². The molecule has 3 heterocycles. The fourth-order valence-corrected chi connectivity index (χ4v) is 2.84. The Morgan fingerprint density at radius 2 is 2.08 bits per heavy atom. The fourth-order valence-electron chi connectivity index (χ4n) is 2.84. The van der Waals surface area contributed by atoms with E-state index in [1.807, 2.05) is 0 Å². The van der Waals surface area contributed by atoms with Crippen molar-refractivity contribution in [2.45, 2.75) is 32.4 Å². The summed E-state index contributed by atoms with van der Waals surface area (Å²) in [7, 11) is 0. The average Bonchev–Trinajstić information content (AvgIpc) is 3.33. The van der Waals surface area contributed by atoms with Gasteiger partial charge in [-0.25, -0.2) is 4.98 Å². The number of amides is 2. The molecule has 2 amide bonds. The molecule has 0 spiro atoms. The normalized spacial score (nSPS) is 15.0. The fraction of sp³-hybridized carbons (Fsp3) is 0.389.